The molecule has 11 aromatic carbocycles. The fourth-order valence-corrected chi connectivity index (χ4v) is 10.6. The SMILES string of the molecule is CC1(C)c2c(-c3c4ccccc4c(-c4cc5ccc6ccccc6c5c5ccccc45)c4ccccc34)cccc2-c2c1c1ccccc1c1ccccc21. The lowest BCUT2D eigenvalue weighted by Gasteiger charge is -2.27. The number of fused-ring (bicyclic) bond motifs is 15. The van der Waals surface area contributed by atoms with E-state index in [2.05, 4.69) is 196 Å². The second kappa shape index (κ2) is 11.1. The molecule has 0 atom stereocenters. The monoisotopic (exact) mass is 696 g/mol. The number of hydrogen-bond acceptors (Lipinski definition) is 0. The van der Waals surface area contributed by atoms with Crippen LogP contribution in [0.15, 0.2) is 182 Å². The summed E-state index contributed by atoms with van der Waals surface area (Å²) in [7, 11) is 0. The summed E-state index contributed by atoms with van der Waals surface area (Å²) in [5, 5.41) is 18.2. The summed E-state index contributed by atoms with van der Waals surface area (Å²) in [6.45, 7) is 4.90. The van der Waals surface area contributed by atoms with Crippen molar-refractivity contribution in [1.82, 2.24) is 0 Å². The Bertz CT molecular complexity index is 3390. The molecule has 0 radical (unpaired) electrons. The Morgan fingerprint density at radius 3 is 1.31 bits per heavy atom. The Morgan fingerprint density at radius 1 is 0.273 bits per heavy atom. The average Bonchev–Trinajstić information content (AvgIpc) is 3.49. The fraction of sp³-hybridized carbons (Fsp3) is 0.0545. The minimum atomic E-state index is -0.233. The molecular weight excluding hydrogens is 661 g/mol. The van der Waals surface area contributed by atoms with Gasteiger partial charge in [-0.2, -0.15) is 0 Å². The predicted molar refractivity (Wildman–Crippen MR) is 237 cm³/mol. The van der Waals surface area contributed by atoms with Crippen molar-refractivity contribution in [2.24, 2.45) is 0 Å². The van der Waals surface area contributed by atoms with Crippen LogP contribution in [0.1, 0.15) is 25.0 Å². The Hall–Kier alpha value is -6.76. The second-order valence-electron chi connectivity index (χ2n) is 15.9. The van der Waals surface area contributed by atoms with Crippen LogP contribution < -0.4 is 0 Å². The number of hydrogen-bond donors (Lipinski definition) is 0. The lowest BCUT2D eigenvalue weighted by molar-refractivity contribution is 0.668. The first-order valence-corrected chi connectivity index (χ1v) is 19.4. The average molecular weight is 697 g/mol. The molecular formula is C55H36. The van der Waals surface area contributed by atoms with Crippen molar-refractivity contribution < 1.29 is 0 Å². The van der Waals surface area contributed by atoms with Crippen molar-refractivity contribution in [3.63, 3.8) is 0 Å². The topological polar surface area (TPSA) is 0 Å². The highest BCUT2D eigenvalue weighted by molar-refractivity contribution is 6.29. The van der Waals surface area contributed by atoms with Crippen LogP contribution in [-0.4, -0.2) is 0 Å². The van der Waals surface area contributed by atoms with Gasteiger partial charge in [-0.05, 0) is 126 Å². The normalized spacial score (nSPS) is 13.4. The van der Waals surface area contributed by atoms with Gasteiger partial charge >= 0.3 is 0 Å². The Morgan fingerprint density at radius 2 is 0.691 bits per heavy atom. The molecule has 0 amide bonds. The van der Waals surface area contributed by atoms with Crippen LogP contribution in [-0.2, 0) is 5.41 Å². The quantitative estimate of drug-likeness (QED) is 0.125. The van der Waals surface area contributed by atoms with E-state index in [0.29, 0.717) is 0 Å². The van der Waals surface area contributed by atoms with E-state index >= 15 is 0 Å². The smallest absolute Gasteiger partial charge is 0.0171 e. The van der Waals surface area contributed by atoms with E-state index < -0.39 is 0 Å². The predicted octanol–water partition coefficient (Wildman–Crippen LogP) is 15.4. The number of benzene rings is 11. The molecule has 0 N–H and O–H groups in total. The van der Waals surface area contributed by atoms with E-state index in [-0.39, 0.29) is 5.41 Å². The van der Waals surface area contributed by atoms with Crippen molar-refractivity contribution in [2.75, 3.05) is 0 Å². The van der Waals surface area contributed by atoms with Gasteiger partial charge in [0.1, 0.15) is 0 Å². The summed E-state index contributed by atoms with van der Waals surface area (Å²) in [4.78, 5) is 0. The highest BCUT2D eigenvalue weighted by Crippen LogP contribution is 2.58. The van der Waals surface area contributed by atoms with E-state index in [0.717, 1.165) is 0 Å². The molecule has 0 fully saturated rings. The molecule has 12 rings (SSSR count). The van der Waals surface area contributed by atoms with Crippen LogP contribution >= 0.6 is 0 Å². The Labute approximate surface area is 319 Å². The summed E-state index contributed by atoms with van der Waals surface area (Å²) >= 11 is 0. The van der Waals surface area contributed by atoms with Crippen molar-refractivity contribution >= 4 is 75.4 Å². The number of rotatable bonds is 2. The van der Waals surface area contributed by atoms with Crippen LogP contribution in [0.2, 0.25) is 0 Å². The molecule has 0 bridgehead atoms. The summed E-state index contributed by atoms with van der Waals surface area (Å²) in [5.41, 5.74) is 10.6. The molecule has 0 aliphatic heterocycles. The summed E-state index contributed by atoms with van der Waals surface area (Å²) in [5.74, 6) is 0. The van der Waals surface area contributed by atoms with Gasteiger partial charge in [0.2, 0.25) is 0 Å². The molecule has 55 heavy (non-hydrogen) atoms. The van der Waals surface area contributed by atoms with Crippen LogP contribution in [0.4, 0.5) is 0 Å². The van der Waals surface area contributed by atoms with Crippen molar-refractivity contribution in [2.45, 2.75) is 19.3 Å². The summed E-state index contributed by atoms with van der Waals surface area (Å²) in [6, 6.07) is 68.2. The summed E-state index contributed by atoms with van der Waals surface area (Å²) in [6.07, 6.45) is 0. The van der Waals surface area contributed by atoms with Gasteiger partial charge in [-0.15, -0.1) is 0 Å². The van der Waals surface area contributed by atoms with Crippen LogP contribution in [0.3, 0.4) is 0 Å². The summed E-state index contributed by atoms with van der Waals surface area (Å²) < 4.78 is 0. The molecule has 11 aromatic rings. The highest BCUT2D eigenvalue weighted by atomic mass is 14.4. The maximum Gasteiger partial charge on any atom is 0.0171 e. The molecule has 0 aromatic heterocycles. The first-order valence-electron chi connectivity index (χ1n) is 19.4. The molecule has 0 saturated carbocycles. The van der Waals surface area contributed by atoms with Crippen LogP contribution in [0.25, 0.3) is 109 Å². The van der Waals surface area contributed by atoms with E-state index in [1.165, 1.54) is 120 Å². The maximum atomic E-state index is 2.45. The minimum Gasteiger partial charge on any atom is -0.0616 e. The van der Waals surface area contributed by atoms with Gasteiger partial charge in [-0.3, -0.25) is 0 Å². The van der Waals surface area contributed by atoms with Gasteiger partial charge in [0.05, 0.1) is 0 Å². The van der Waals surface area contributed by atoms with E-state index in [1.54, 1.807) is 0 Å². The largest absolute Gasteiger partial charge is 0.0616 e. The van der Waals surface area contributed by atoms with Gasteiger partial charge in [0.25, 0.3) is 0 Å². The van der Waals surface area contributed by atoms with E-state index in [1.807, 2.05) is 0 Å². The Kier molecular flexibility index (Phi) is 6.21. The first kappa shape index (κ1) is 30.7. The third-order valence-corrected chi connectivity index (χ3v) is 12.7. The highest BCUT2D eigenvalue weighted by Gasteiger charge is 2.40. The van der Waals surface area contributed by atoms with Crippen molar-refractivity contribution in [3.05, 3.63) is 193 Å². The van der Waals surface area contributed by atoms with E-state index in [4.69, 9.17) is 0 Å². The molecule has 1 aliphatic rings. The van der Waals surface area contributed by atoms with Gasteiger partial charge in [0.15, 0.2) is 0 Å². The van der Waals surface area contributed by atoms with E-state index in [9.17, 15) is 0 Å². The molecule has 0 spiro atoms. The van der Waals surface area contributed by atoms with Crippen LogP contribution in [0, 0.1) is 0 Å². The zero-order valence-corrected chi connectivity index (χ0v) is 30.8. The maximum absolute atomic E-state index is 2.45. The molecule has 0 nitrogen and oxygen atoms in total. The molecule has 1 aliphatic carbocycles. The zero-order chi connectivity index (χ0) is 36.4. The van der Waals surface area contributed by atoms with Crippen LogP contribution in [0.5, 0.6) is 0 Å². The van der Waals surface area contributed by atoms with Crippen molar-refractivity contribution in [1.29, 1.82) is 0 Å². The Balaban J connectivity index is 1.21. The molecule has 0 unspecified atom stereocenters. The minimum absolute atomic E-state index is 0.233. The van der Waals surface area contributed by atoms with Gasteiger partial charge < -0.3 is 0 Å². The van der Waals surface area contributed by atoms with Gasteiger partial charge in [-0.1, -0.05) is 190 Å². The fourth-order valence-electron chi connectivity index (χ4n) is 10.6. The van der Waals surface area contributed by atoms with Gasteiger partial charge in [0, 0.05) is 5.41 Å². The molecule has 256 valence electrons. The standard InChI is InChI=1S/C55H36/c1-55(2)53-46(28-15-29-47(53)52-40-22-9-5-18-36(40)37-19-7-14-27-45(37)54(52)55)50-41-23-10-12-25-43(41)51(44-26-13-11-24-42(44)50)48-32-34-31-30-33-16-3-4-17-35(33)49(34)39-21-8-6-20-38(39)48/h3-32H,1-2H3. The lowest BCUT2D eigenvalue weighted by Crippen LogP contribution is -2.17. The van der Waals surface area contributed by atoms with Gasteiger partial charge in [-0.25, -0.2) is 0 Å². The zero-order valence-electron chi connectivity index (χ0n) is 30.8. The molecule has 0 heterocycles. The molecule has 0 heteroatoms. The third kappa shape index (κ3) is 4.06. The first-order chi connectivity index (χ1) is 27.1. The molecule has 0 saturated heterocycles. The lowest BCUT2D eigenvalue weighted by atomic mass is 9.75. The van der Waals surface area contributed by atoms with Crippen molar-refractivity contribution in [3.8, 4) is 33.4 Å². The third-order valence-electron chi connectivity index (χ3n) is 12.7. The second-order valence-corrected chi connectivity index (χ2v) is 15.9.